The SMILES string of the molecule is CCCCCCCCCCCCCCCCCCCCCCN.Cc1c(C(=O)O)cccc1C(=O)O. The monoisotopic (exact) mass is 505 g/mol. The van der Waals surface area contributed by atoms with Crippen LogP contribution < -0.4 is 5.73 Å². The number of unbranched alkanes of at least 4 members (excludes halogenated alkanes) is 19. The molecular formula is C31H55NO4. The third-order valence-electron chi connectivity index (χ3n) is 6.85. The van der Waals surface area contributed by atoms with Crippen molar-refractivity contribution in [3.63, 3.8) is 0 Å². The van der Waals surface area contributed by atoms with Crippen LogP contribution in [0.2, 0.25) is 0 Å². The first-order valence-corrected chi connectivity index (χ1v) is 14.7. The molecule has 0 spiro atoms. The van der Waals surface area contributed by atoms with Gasteiger partial charge < -0.3 is 15.9 Å². The van der Waals surface area contributed by atoms with Crippen LogP contribution in [0.1, 0.15) is 162 Å². The standard InChI is InChI=1S/C22H47N.C9H8O4/c1-2-3-4-5-6-7-8-9-10-11-12-13-14-15-16-17-18-19-20-21-22-23;1-5-6(8(10)11)3-2-4-7(5)9(12)13/h2-23H2,1H3;2-4H,1H3,(H,10,11)(H,12,13). The second-order valence-electron chi connectivity index (χ2n) is 10.1. The lowest BCUT2D eigenvalue weighted by molar-refractivity contribution is 0.0696. The Kier molecular flexibility index (Phi) is 23.5. The van der Waals surface area contributed by atoms with Crippen LogP contribution in [0, 0.1) is 6.92 Å². The Hall–Kier alpha value is -1.88. The Morgan fingerprint density at radius 2 is 0.861 bits per heavy atom. The molecule has 0 saturated heterocycles. The summed E-state index contributed by atoms with van der Waals surface area (Å²) in [6, 6.07) is 4.17. The summed E-state index contributed by atoms with van der Waals surface area (Å²) in [6.45, 7) is 4.65. The molecule has 0 atom stereocenters. The molecule has 0 fully saturated rings. The quantitative estimate of drug-likeness (QED) is 0.136. The minimum absolute atomic E-state index is 0.0277. The topological polar surface area (TPSA) is 101 Å². The van der Waals surface area contributed by atoms with Crippen molar-refractivity contribution in [1.82, 2.24) is 0 Å². The molecule has 0 amide bonds. The van der Waals surface area contributed by atoms with Gasteiger partial charge in [-0.3, -0.25) is 0 Å². The van der Waals surface area contributed by atoms with Gasteiger partial charge in [0.25, 0.3) is 0 Å². The lowest BCUT2D eigenvalue weighted by Gasteiger charge is -2.04. The molecule has 208 valence electrons. The molecule has 0 aromatic heterocycles. The minimum Gasteiger partial charge on any atom is -0.478 e. The summed E-state index contributed by atoms with van der Waals surface area (Å²) in [5.41, 5.74) is 5.84. The fourth-order valence-corrected chi connectivity index (χ4v) is 4.50. The summed E-state index contributed by atoms with van der Waals surface area (Å²) in [7, 11) is 0. The number of nitrogens with two attached hydrogens (primary N) is 1. The first kappa shape index (κ1) is 34.1. The fraction of sp³-hybridized carbons (Fsp3) is 0.742. The molecule has 5 nitrogen and oxygen atoms in total. The Bertz CT molecular complexity index is 622. The number of carboxylic acid groups (broad SMARTS) is 2. The molecule has 1 aromatic rings. The van der Waals surface area contributed by atoms with Gasteiger partial charge >= 0.3 is 11.9 Å². The highest BCUT2D eigenvalue weighted by molar-refractivity contribution is 5.96. The molecule has 1 rings (SSSR count). The predicted molar refractivity (Wildman–Crippen MR) is 152 cm³/mol. The molecule has 0 bridgehead atoms. The minimum atomic E-state index is -1.11. The first-order chi connectivity index (χ1) is 17.5. The fourth-order valence-electron chi connectivity index (χ4n) is 4.50. The van der Waals surface area contributed by atoms with E-state index in [0.29, 0.717) is 0 Å². The van der Waals surface area contributed by atoms with Crippen molar-refractivity contribution >= 4 is 11.9 Å². The highest BCUT2D eigenvalue weighted by atomic mass is 16.4. The molecule has 0 aliphatic heterocycles. The molecule has 0 heterocycles. The number of benzene rings is 1. The van der Waals surface area contributed by atoms with Gasteiger partial charge in [-0.1, -0.05) is 135 Å². The van der Waals surface area contributed by atoms with Crippen molar-refractivity contribution in [2.24, 2.45) is 5.73 Å². The maximum Gasteiger partial charge on any atom is 0.335 e. The highest BCUT2D eigenvalue weighted by Gasteiger charge is 2.13. The average Bonchev–Trinajstić information content (AvgIpc) is 2.85. The third-order valence-corrected chi connectivity index (χ3v) is 6.85. The van der Waals surface area contributed by atoms with Gasteiger partial charge in [-0.05, 0) is 37.6 Å². The number of hydrogen-bond donors (Lipinski definition) is 3. The van der Waals surface area contributed by atoms with E-state index < -0.39 is 11.9 Å². The Labute approximate surface area is 221 Å². The molecule has 1 aromatic carbocycles. The molecule has 4 N–H and O–H groups in total. The Balaban J connectivity index is 0.000000790. The number of carbonyl (C=O) groups is 2. The average molecular weight is 506 g/mol. The molecule has 0 saturated carbocycles. The number of aromatic carboxylic acids is 2. The van der Waals surface area contributed by atoms with Crippen LogP contribution in [0.3, 0.4) is 0 Å². The van der Waals surface area contributed by atoms with Crippen molar-refractivity contribution in [3.8, 4) is 0 Å². The van der Waals surface area contributed by atoms with Gasteiger partial charge in [0.15, 0.2) is 0 Å². The van der Waals surface area contributed by atoms with Crippen LogP contribution in [0.4, 0.5) is 0 Å². The molecule has 0 aliphatic rings. The first-order valence-electron chi connectivity index (χ1n) is 14.7. The van der Waals surface area contributed by atoms with Crippen molar-refractivity contribution in [1.29, 1.82) is 0 Å². The van der Waals surface area contributed by atoms with E-state index in [1.165, 1.54) is 154 Å². The predicted octanol–water partition coefficient (Wildman–Crippen LogP) is 9.16. The van der Waals surface area contributed by atoms with E-state index in [9.17, 15) is 9.59 Å². The summed E-state index contributed by atoms with van der Waals surface area (Å²) >= 11 is 0. The van der Waals surface area contributed by atoms with Crippen LogP contribution in [0.15, 0.2) is 18.2 Å². The van der Waals surface area contributed by atoms with E-state index in [-0.39, 0.29) is 16.7 Å². The third kappa shape index (κ3) is 19.3. The normalized spacial score (nSPS) is 10.6. The molecule has 5 heteroatoms. The van der Waals surface area contributed by atoms with Crippen LogP contribution in [-0.4, -0.2) is 28.7 Å². The van der Waals surface area contributed by atoms with Crippen LogP contribution in [-0.2, 0) is 0 Å². The lowest BCUT2D eigenvalue weighted by Crippen LogP contribution is -2.06. The lowest BCUT2D eigenvalue weighted by atomic mass is 10.0. The summed E-state index contributed by atoms with van der Waals surface area (Å²) < 4.78 is 0. The van der Waals surface area contributed by atoms with Gasteiger partial charge in [-0.25, -0.2) is 9.59 Å². The Morgan fingerprint density at radius 1 is 0.583 bits per heavy atom. The van der Waals surface area contributed by atoms with Gasteiger partial charge in [0.05, 0.1) is 11.1 Å². The van der Waals surface area contributed by atoms with Crippen molar-refractivity contribution in [2.45, 2.75) is 142 Å². The van der Waals surface area contributed by atoms with E-state index >= 15 is 0 Å². The zero-order chi connectivity index (χ0) is 26.9. The molecule has 0 aliphatic carbocycles. The van der Waals surface area contributed by atoms with Gasteiger partial charge in [0.2, 0.25) is 0 Å². The van der Waals surface area contributed by atoms with Crippen molar-refractivity contribution < 1.29 is 19.8 Å². The van der Waals surface area contributed by atoms with E-state index in [1.54, 1.807) is 0 Å². The maximum atomic E-state index is 10.6. The Morgan fingerprint density at radius 3 is 1.11 bits per heavy atom. The number of hydrogen-bond acceptors (Lipinski definition) is 3. The second kappa shape index (κ2) is 24.8. The smallest absolute Gasteiger partial charge is 0.335 e. The summed E-state index contributed by atoms with van der Waals surface area (Å²) in [5, 5.41) is 17.4. The maximum absolute atomic E-state index is 10.6. The van der Waals surface area contributed by atoms with Crippen molar-refractivity contribution in [3.05, 3.63) is 34.9 Å². The second-order valence-corrected chi connectivity index (χ2v) is 10.1. The van der Waals surface area contributed by atoms with Gasteiger partial charge in [0.1, 0.15) is 0 Å². The van der Waals surface area contributed by atoms with E-state index in [0.717, 1.165) is 6.54 Å². The van der Waals surface area contributed by atoms with Crippen LogP contribution in [0.5, 0.6) is 0 Å². The van der Waals surface area contributed by atoms with Gasteiger partial charge in [-0.2, -0.15) is 0 Å². The van der Waals surface area contributed by atoms with Gasteiger partial charge in [0, 0.05) is 0 Å². The summed E-state index contributed by atoms with van der Waals surface area (Å²) in [5.74, 6) is -2.22. The van der Waals surface area contributed by atoms with E-state index in [4.69, 9.17) is 15.9 Å². The number of carboxylic acids is 2. The van der Waals surface area contributed by atoms with E-state index in [2.05, 4.69) is 6.92 Å². The van der Waals surface area contributed by atoms with Crippen molar-refractivity contribution in [2.75, 3.05) is 6.54 Å². The zero-order valence-electron chi connectivity index (χ0n) is 23.4. The number of rotatable bonds is 22. The largest absolute Gasteiger partial charge is 0.478 e. The summed E-state index contributed by atoms with van der Waals surface area (Å²) in [4.78, 5) is 21.2. The zero-order valence-corrected chi connectivity index (χ0v) is 23.4. The molecule has 0 unspecified atom stereocenters. The van der Waals surface area contributed by atoms with Crippen LogP contribution >= 0.6 is 0 Å². The molecule has 36 heavy (non-hydrogen) atoms. The van der Waals surface area contributed by atoms with Gasteiger partial charge in [-0.15, -0.1) is 0 Å². The molecular weight excluding hydrogens is 450 g/mol. The van der Waals surface area contributed by atoms with E-state index in [1.807, 2.05) is 0 Å². The summed E-state index contributed by atoms with van der Waals surface area (Å²) in [6.07, 6.45) is 28.8. The molecule has 0 radical (unpaired) electrons. The highest BCUT2D eigenvalue weighted by Crippen LogP contribution is 2.15. The van der Waals surface area contributed by atoms with Crippen LogP contribution in [0.25, 0.3) is 0 Å².